The van der Waals surface area contributed by atoms with E-state index in [0.717, 1.165) is 5.03 Å². The number of carbonyl (C=O) groups excluding carboxylic acids is 1. The Morgan fingerprint density at radius 2 is 2.21 bits per heavy atom. The second kappa shape index (κ2) is 6.45. The van der Waals surface area contributed by atoms with Crippen molar-refractivity contribution in [2.45, 2.75) is 5.03 Å². The molecule has 0 atom stereocenters. The molecule has 1 amide bonds. The smallest absolute Gasteiger partial charge is 0.234 e. The van der Waals surface area contributed by atoms with E-state index in [1.807, 2.05) is 18.2 Å². The van der Waals surface area contributed by atoms with E-state index in [-0.39, 0.29) is 11.7 Å². The van der Waals surface area contributed by atoms with E-state index in [1.54, 1.807) is 24.4 Å². The average Bonchev–Trinajstić information content (AvgIpc) is 2.41. The van der Waals surface area contributed by atoms with E-state index in [0.29, 0.717) is 16.4 Å². The number of hydrogen-bond donors (Lipinski definition) is 2. The molecule has 0 aliphatic rings. The minimum absolute atomic E-state index is 0.137. The summed E-state index contributed by atoms with van der Waals surface area (Å²) >= 11 is 7.34. The number of nitrogens with one attached hydrogen (secondary N) is 1. The van der Waals surface area contributed by atoms with Crippen LogP contribution < -0.4 is 11.1 Å². The summed E-state index contributed by atoms with van der Waals surface area (Å²) in [5.74, 6) is 0.139. The van der Waals surface area contributed by atoms with Gasteiger partial charge in [-0.1, -0.05) is 29.4 Å². The van der Waals surface area contributed by atoms with Gasteiger partial charge in [0, 0.05) is 11.9 Å². The van der Waals surface area contributed by atoms with Gasteiger partial charge in [0.1, 0.15) is 0 Å². The van der Waals surface area contributed by atoms with Crippen molar-refractivity contribution in [2.75, 3.05) is 16.8 Å². The second-order valence-corrected chi connectivity index (χ2v) is 5.15. The fourth-order valence-corrected chi connectivity index (χ4v) is 2.29. The molecule has 1 aromatic carbocycles. The largest absolute Gasteiger partial charge is 0.399 e. The number of benzene rings is 1. The SMILES string of the molecule is Nc1ccc(NC(=O)CSc2ccccn2)c(Cl)c1. The van der Waals surface area contributed by atoms with Gasteiger partial charge in [-0.15, -0.1) is 0 Å². The van der Waals surface area contributed by atoms with Crippen LogP contribution in [0, 0.1) is 0 Å². The number of pyridine rings is 1. The van der Waals surface area contributed by atoms with Crippen LogP contribution >= 0.6 is 23.4 Å². The molecule has 6 heteroatoms. The normalized spacial score (nSPS) is 10.2. The van der Waals surface area contributed by atoms with Gasteiger partial charge in [-0.3, -0.25) is 4.79 Å². The van der Waals surface area contributed by atoms with Crippen LogP contribution in [0.1, 0.15) is 0 Å². The lowest BCUT2D eigenvalue weighted by Crippen LogP contribution is -2.14. The predicted octanol–water partition coefficient (Wildman–Crippen LogP) is 3.05. The number of amides is 1. The van der Waals surface area contributed by atoms with Gasteiger partial charge in [-0.25, -0.2) is 4.98 Å². The standard InChI is InChI=1S/C13H12ClN3OS/c14-10-7-9(15)4-5-11(10)17-12(18)8-19-13-3-1-2-6-16-13/h1-7H,8,15H2,(H,17,18). The van der Waals surface area contributed by atoms with E-state index in [4.69, 9.17) is 17.3 Å². The highest BCUT2D eigenvalue weighted by Gasteiger charge is 2.07. The van der Waals surface area contributed by atoms with Crippen molar-refractivity contribution in [3.8, 4) is 0 Å². The van der Waals surface area contributed by atoms with Crippen LogP contribution in [0.15, 0.2) is 47.6 Å². The molecule has 3 N–H and O–H groups in total. The molecule has 0 saturated carbocycles. The summed E-state index contributed by atoms with van der Waals surface area (Å²) in [5.41, 5.74) is 6.70. The first-order chi connectivity index (χ1) is 9.15. The minimum atomic E-state index is -0.137. The highest BCUT2D eigenvalue weighted by molar-refractivity contribution is 7.99. The lowest BCUT2D eigenvalue weighted by molar-refractivity contribution is -0.113. The molecule has 1 aromatic heterocycles. The molecule has 98 valence electrons. The maximum Gasteiger partial charge on any atom is 0.234 e. The van der Waals surface area contributed by atoms with Crippen molar-refractivity contribution in [1.29, 1.82) is 0 Å². The number of rotatable bonds is 4. The number of carbonyl (C=O) groups is 1. The van der Waals surface area contributed by atoms with E-state index in [2.05, 4.69) is 10.3 Å². The van der Waals surface area contributed by atoms with Gasteiger partial charge < -0.3 is 11.1 Å². The first kappa shape index (κ1) is 13.7. The first-order valence-corrected chi connectivity index (χ1v) is 6.90. The number of anilines is 2. The molecule has 0 unspecified atom stereocenters. The highest BCUT2D eigenvalue weighted by atomic mass is 35.5. The Morgan fingerprint density at radius 1 is 1.37 bits per heavy atom. The number of nitrogen functional groups attached to an aromatic ring is 1. The molecule has 0 fully saturated rings. The van der Waals surface area contributed by atoms with Gasteiger partial charge >= 0.3 is 0 Å². The minimum Gasteiger partial charge on any atom is -0.399 e. The number of hydrogen-bond acceptors (Lipinski definition) is 4. The predicted molar refractivity (Wildman–Crippen MR) is 79.5 cm³/mol. The highest BCUT2D eigenvalue weighted by Crippen LogP contribution is 2.24. The van der Waals surface area contributed by atoms with Crippen LogP contribution in [0.4, 0.5) is 11.4 Å². The summed E-state index contributed by atoms with van der Waals surface area (Å²) < 4.78 is 0. The zero-order valence-electron chi connectivity index (χ0n) is 9.97. The van der Waals surface area contributed by atoms with Crippen LogP contribution in [0.5, 0.6) is 0 Å². The third-order valence-electron chi connectivity index (χ3n) is 2.26. The van der Waals surface area contributed by atoms with Gasteiger partial charge in [0.25, 0.3) is 0 Å². The monoisotopic (exact) mass is 293 g/mol. The second-order valence-electron chi connectivity index (χ2n) is 3.74. The summed E-state index contributed by atoms with van der Waals surface area (Å²) in [6.07, 6.45) is 1.69. The number of thioether (sulfide) groups is 1. The topological polar surface area (TPSA) is 68.0 Å². The quantitative estimate of drug-likeness (QED) is 0.671. The summed E-state index contributed by atoms with van der Waals surface area (Å²) in [6, 6.07) is 10.5. The van der Waals surface area contributed by atoms with E-state index in [9.17, 15) is 4.79 Å². The summed E-state index contributed by atoms with van der Waals surface area (Å²) in [7, 11) is 0. The molecule has 0 radical (unpaired) electrons. The van der Waals surface area contributed by atoms with Crippen LogP contribution in [-0.4, -0.2) is 16.6 Å². The third-order valence-corrected chi connectivity index (χ3v) is 3.51. The van der Waals surface area contributed by atoms with Gasteiger partial charge in [-0.2, -0.15) is 0 Å². The number of aromatic nitrogens is 1. The zero-order valence-corrected chi connectivity index (χ0v) is 11.5. The molecule has 19 heavy (non-hydrogen) atoms. The molecular formula is C13H12ClN3OS. The third kappa shape index (κ3) is 4.15. The molecule has 0 bridgehead atoms. The van der Waals surface area contributed by atoms with E-state index in [1.165, 1.54) is 11.8 Å². The van der Waals surface area contributed by atoms with Crippen LogP contribution in [-0.2, 0) is 4.79 Å². The molecular weight excluding hydrogens is 282 g/mol. The van der Waals surface area contributed by atoms with Gasteiger partial charge in [0.05, 0.1) is 21.5 Å². The van der Waals surface area contributed by atoms with Crippen LogP contribution in [0.2, 0.25) is 5.02 Å². The van der Waals surface area contributed by atoms with Gasteiger partial charge in [0.15, 0.2) is 0 Å². The molecule has 4 nitrogen and oxygen atoms in total. The fourth-order valence-electron chi connectivity index (χ4n) is 1.39. The summed E-state index contributed by atoms with van der Waals surface area (Å²) in [6.45, 7) is 0. The number of nitrogens with zero attached hydrogens (tertiary/aromatic N) is 1. The lowest BCUT2D eigenvalue weighted by Gasteiger charge is -2.07. The fraction of sp³-hybridized carbons (Fsp3) is 0.0769. The zero-order chi connectivity index (χ0) is 13.7. The molecule has 2 rings (SSSR count). The Balaban J connectivity index is 1.91. The van der Waals surface area contributed by atoms with Crippen molar-refractivity contribution in [2.24, 2.45) is 0 Å². The molecule has 1 heterocycles. The Labute approximate surface area is 120 Å². The van der Waals surface area contributed by atoms with E-state index >= 15 is 0 Å². The maximum absolute atomic E-state index is 11.8. The Hall–Kier alpha value is -1.72. The van der Waals surface area contributed by atoms with Gasteiger partial charge in [-0.05, 0) is 30.3 Å². The molecule has 0 aliphatic heterocycles. The molecule has 2 aromatic rings. The van der Waals surface area contributed by atoms with Crippen LogP contribution in [0.3, 0.4) is 0 Å². The molecule has 0 aliphatic carbocycles. The van der Waals surface area contributed by atoms with Crippen LogP contribution in [0.25, 0.3) is 0 Å². The van der Waals surface area contributed by atoms with Crippen molar-refractivity contribution >= 4 is 40.6 Å². The van der Waals surface area contributed by atoms with Crippen molar-refractivity contribution < 1.29 is 4.79 Å². The summed E-state index contributed by atoms with van der Waals surface area (Å²) in [4.78, 5) is 15.9. The Kier molecular flexibility index (Phi) is 4.65. The average molecular weight is 294 g/mol. The Morgan fingerprint density at radius 3 is 2.89 bits per heavy atom. The molecule has 0 spiro atoms. The van der Waals surface area contributed by atoms with Crippen molar-refractivity contribution in [3.63, 3.8) is 0 Å². The number of nitrogens with two attached hydrogens (primary N) is 1. The maximum atomic E-state index is 11.8. The Bertz CT molecular complexity index is 577. The van der Waals surface area contributed by atoms with Crippen molar-refractivity contribution in [3.05, 3.63) is 47.6 Å². The molecule has 0 saturated heterocycles. The number of halogens is 1. The first-order valence-electron chi connectivity index (χ1n) is 5.54. The van der Waals surface area contributed by atoms with E-state index < -0.39 is 0 Å². The van der Waals surface area contributed by atoms with Crippen molar-refractivity contribution in [1.82, 2.24) is 4.98 Å². The van der Waals surface area contributed by atoms with Gasteiger partial charge in [0.2, 0.25) is 5.91 Å². The summed E-state index contributed by atoms with van der Waals surface area (Å²) in [5, 5.41) is 3.97. The lowest BCUT2D eigenvalue weighted by atomic mass is 10.3.